The first-order valence-electron chi connectivity index (χ1n) is 44.6. The van der Waals surface area contributed by atoms with Crippen LogP contribution in [0.25, 0.3) is 0 Å². The van der Waals surface area contributed by atoms with Crippen molar-refractivity contribution >= 4 is 57.9 Å². The number of carboxylic acid groups (broad SMARTS) is 1. The zero-order chi connectivity index (χ0) is 82.2. The Morgan fingerprint density at radius 3 is 1.24 bits per heavy atom. The van der Waals surface area contributed by atoms with Crippen molar-refractivity contribution in [2.45, 2.75) is 285 Å². The van der Waals surface area contributed by atoms with Gasteiger partial charge >= 0.3 is 11.9 Å². The third-order valence-corrected chi connectivity index (χ3v) is 26.2. The molecule has 14 nitrogen and oxygen atoms in total. The van der Waals surface area contributed by atoms with Crippen LogP contribution in [-0.2, 0) is 45.6 Å². The lowest BCUT2D eigenvalue weighted by Gasteiger charge is -2.35. The van der Waals surface area contributed by atoms with Gasteiger partial charge in [-0.25, -0.2) is 0 Å². The van der Waals surface area contributed by atoms with Crippen molar-refractivity contribution in [3.8, 4) is 0 Å². The van der Waals surface area contributed by atoms with Crippen molar-refractivity contribution in [1.29, 1.82) is 0 Å². The van der Waals surface area contributed by atoms with E-state index in [1.807, 2.05) is 0 Å². The molecule has 2 atom stereocenters. The van der Waals surface area contributed by atoms with E-state index in [1.54, 1.807) is 0 Å². The molecule has 1 N–H and O–H groups in total. The number of rotatable bonds is 32. The molecule has 12 rings (SSSR count). The highest BCUT2D eigenvalue weighted by Gasteiger charge is 2.47. The number of benzene rings is 4. The van der Waals surface area contributed by atoms with Crippen LogP contribution in [-0.4, -0.2) is 154 Å². The second-order valence-corrected chi connectivity index (χ2v) is 35.8. The molecule has 8 aliphatic rings. The summed E-state index contributed by atoms with van der Waals surface area (Å²) in [6.45, 7) is 41.6. The van der Waals surface area contributed by atoms with Crippen LogP contribution in [0.1, 0.15) is 273 Å². The average Bonchev–Trinajstić information content (AvgIpc) is 1.61. The number of carboxylic acids is 1. The Hall–Kier alpha value is -7.88. The molecule has 0 saturated carbocycles. The Balaban J connectivity index is 0.000000263. The van der Waals surface area contributed by atoms with Gasteiger partial charge in [0.05, 0.1) is 17.9 Å². The van der Waals surface area contributed by atoms with Gasteiger partial charge in [0.2, 0.25) is 23.2 Å². The van der Waals surface area contributed by atoms with Gasteiger partial charge in [-0.3, -0.25) is 19.2 Å². The fourth-order valence-corrected chi connectivity index (χ4v) is 20.0. The molecule has 2 saturated heterocycles. The summed E-state index contributed by atoms with van der Waals surface area (Å²) in [6, 6.07) is 36.4. The number of esters is 1. The van der Waals surface area contributed by atoms with Gasteiger partial charge in [0.25, 0.3) is 0 Å². The van der Waals surface area contributed by atoms with Crippen LogP contribution in [0.4, 0.5) is 22.7 Å². The fraction of sp³-hybridized carbons (Fsp3) is 0.545. The van der Waals surface area contributed by atoms with Gasteiger partial charge in [0, 0.05) is 170 Å². The zero-order valence-corrected chi connectivity index (χ0v) is 75.4. The van der Waals surface area contributed by atoms with E-state index in [1.165, 1.54) is 136 Å². The number of aliphatic carboxylic acids is 1. The predicted octanol–water partition coefficient (Wildman–Crippen LogP) is 15.8. The van der Waals surface area contributed by atoms with Gasteiger partial charge in [-0.1, -0.05) is 165 Å². The molecule has 0 bridgehead atoms. The van der Waals surface area contributed by atoms with E-state index < -0.39 is 5.97 Å². The summed E-state index contributed by atoms with van der Waals surface area (Å²) in [5.74, 6) is -1.00. The molecule has 2 unspecified atom stereocenters. The third kappa shape index (κ3) is 21.1. The van der Waals surface area contributed by atoms with Gasteiger partial charge in [-0.05, 0) is 215 Å². The number of para-hydroxylation sites is 4. The molecular formula is C101H140Cl2N8O6. The zero-order valence-electron chi connectivity index (χ0n) is 73.9. The van der Waals surface area contributed by atoms with E-state index >= 15 is 0 Å². The highest BCUT2D eigenvalue weighted by atomic mass is 35.5. The van der Waals surface area contributed by atoms with Crippen LogP contribution in [0.15, 0.2) is 191 Å². The number of hydrogen-bond acceptors (Lipinski definition) is 9. The fourth-order valence-electron chi connectivity index (χ4n) is 20.0. The topological polar surface area (TPSA) is 123 Å². The number of carbonyl (C=O) groups is 4. The number of nitrogens with zero attached hydrogens (tertiary/aromatic N) is 8. The second-order valence-electron chi connectivity index (χ2n) is 35.8. The number of carbonyl (C=O) groups excluding carboxylic acids is 3. The summed E-state index contributed by atoms with van der Waals surface area (Å²) < 4.78 is 9.97. The van der Waals surface area contributed by atoms with Gasteiger partial charge in [-0.15, -0.1) is 0 Å². The number of amides is 2. The molecule has 2 aliphatic carbocycles. The molecule has 6 heterocycles. The van der Waals surface area contributed by atoms with E-state index in [4.69, 9.17) is 4.74 Å². The molecule has 4 aromatic rings. The Kier molecular flexibility index (Phi) is 33.7. The quantitative estimate of drug-likeness (QED) is 0.0373. The summed E-state index contributed by atoms with van der Waals surface area (Å²) in [7, 11) is 1.42. The first-order valence-corrected chi connectivity index (χ1v) is 44.6. The maximum Gasteiger partial charge on any atom is 0.305 e. The molecule has 117 heavy (non-hydrogen) atoms. The van der Waals surface area contributed by atoms with Gasteiger partial charge < -0.3 is 64.1 Å². The Morgan fingerprint density at radius 1 is 0.462 bits per heavy atom. The van der Waals surface area contributed by atoms with E-state index in [9.17, 15) is 24.3 Å². The van der Waals surface area contributed by atoms with Gasteiger partial charge in [0.1, 0.15) is 13.1 Å². The minimum atomic E-state index is -0.855. The summed E-state index contributed by atoms with van der Waals surface area (Å²) in [6.07, 6.45) is 39.4. The molecule has 16 heteroatoms. The first-order chi connectivity index (χ1) is 55.3. The summed E-state index contributed by atoms with van der Waals surface area (Å²) in [4.78, 5) is 67.4. The second kappa shape index (κ2) is 42.4. The number of fused-ring (bicyclic) bond motifs is 4. The standard InChI is InChI=1S/C51H71N4O3.C50H68N4O3.2ClH/c1-9-33-53-43-25-13-11-23-41(43)50(4,5)45(53)31-29-39-21-17-22-40(30-32-46-51(6,7)42-24-12-14-26-44(42)54(46)34-10-2)49(39)55(47(56)27-18-28-48(57)58-8)37-19-36-52-35-16-15-20-38(52)3;1-8-32-52-42-24-12-10-22-40(42)49(4,5)44(52)30-28-38-20-16-21-39(29-31-45-50(6,7)41-23-11-13-25-43(41)53(45)33-9-2)48(38)54(46(55)26-17-27-47(56)57)36-18-35-51-34-15-14-19-37(51)3;;/h11-14,23-26,29-32,38H,9-10,15-22,27-28,33-37H2,1-8H3;10-13,22-25,28-31,37H,8-9,14-21,26-27,32-36H2,1-7H3;2*1H/q+1;;;/p-1. The molecular weight excluding hydrogens is 1490 g/mol. The van der Waals surface area contributed by atoms with Crippen molar-refractivity contribution in [2.75, 3.05) is 82.4 Å². The maximum absolute atomic E-state index is 14.7. The number of piperidine rings is 2. The monoisotopic (exact) mass is 1630 g/mol. The number of anilines is 2. The maximum atomic E-state index is 14.7. The number of ether oxygens (including phenoxy) is 1. The number of likely N-dealkylation sites (tertiary alicyclic amines) is 2. The third-order valence-electron chi connectivity index (χ3n) is 26.2. The molecule has 0 spiro atoms. The lowest BCUT2D eigenvalue weighted by Crippen LogP contribution is -3.00. The molecule has 0 radical (unpaired) electrons. The molecule has 634 valence electrons. The molecule has 2 fully saturated rings. The minimum Gasteiger partial charge on any atom is -1.00 e. The Labute approximate surface area is 716 Å². The number of halogens is 2. The highest BCUT2D eigenvalue weighted by Crippen LogP contribution is 2.51. The van der Waals surface area contributed by atoms with Gasteiger partial charge in [0.15, 0.2) is 11.4 Å². The summed E-state index contributed by atoms with van der Waals surface area (Å²) in [5.41, 5.74) is 22.1. The first kappa shape index (κ1) is 93.0. The van der Waals surface area contributed by atoms with Crippen molar-refractivity contribution in [3.63, 3.8) is 0 Å². The van der Waals surface area contributed by atoms with E-state index in [0.29, 0.717) is 44.4 Å². The largest absolute Gasteiger partial charge is 1.00 e. The molecule has 0 aromatic heterocycles. The minimum absolute atomic E-state index is 0. The average molecular weight is 1630 g/mol. The predicted molar refractivity (Wildman–Crippen MR) is 475 cm³/mol. The normalized spacial score (nSPS) is 21.4. The highest BCUT2D eigenvalue weighted by molar-refractivity contribution is 6.04. The van der Waals surface area contributed by atoms with Crippen LogP contribution in [0.2, 0.25) is 0 Å². The summed E-state index contributed by atoms with van der Waals surface area (Å²) >= 11 is 0. The van der Waals surface area contributed by atoms with Crippen molar-refractivity contribution in [1.82, 2.24) is 19.6 Å². The molecule has 6 aliphatic heterocycles. The number of allylic oxidation sites excluding steroid dienone is 14. The Morgan fingerprint density at radius 2 is 0.855 bits per heavy atom. The van der Waals surface area contributed by atoms with Crippen LogP contribution in [0.3, 0.4) is 0 Å². The lowest BCUT2D eigenvalue weighted by atomic mass is 9.81. The summed E-state index contributed by atoms with van der Waals surface area (Å²) in [5, 5.41) is 9.52. The smallest absolute Gasteiger partial charge is 0.305 e. The molecule has 4 aromatic carbocycles. The van der Waals surface area contributed by atoms with Crippen LogP contribution in [0, 0.1) is 0 Å². The SMILES string of the molecule is CCCN1C(=CC=C2CCCC(C=CC3=[N+](CCC)c4ccccc4C3(C)C)=C2N(CCCN2CCCCC2C)C(=O)CCCC(=O)O)C(C)(C)c2ccccc21.CCCN1C(=CC=C2CCCC(C=CC3=[N+](CCC)c4ccccc4C3(C)C)=C2N(CCCN2CCCCC2C)C(=O)CCCC(=O)OC)C(C)(C)c2ccccc21.[Cl-].[Cl-]. The number of methoxy groups -OCH3 is 1. The Bertz CT molecular complexity index is 4480. The van der Waals surface area contributed by atoms with Crippen LogP contribution >= 0.6 is 0 Å². The van der Waals surface area contributed by atoms with Crippen molar-refractivity contribution < 1.29 is 63.0 Å². The van der Waals surface area contributed by atoms with Crippen molar-refractivity contribution in [2.24, 2.45) is 0 Å². The van der Waals surface area contributed by atoms with E-state index in [0.717, 1.165) is 141 Å². The van der Waals surface area contributed by atoms with E-state index in [-0.39, 0.29) is 83.5 Å². The lowest BCUT2D eigenvalue weighted by molar-refractivity contribution is -0.437. The number of hydrogen-bond donors (Lipinski definition) is 1. The van der Waals surface area contributed by atoms with Crippen LogP contribution < -0.4 is 34.6 Å². The van der Waals surface area contributed by atoms with Gasteiger partial charge in [-0.2, -0.15) is 9.15 Å². The van der Waals surface area contributed by atoms with Crippen LogP contribution in [0.5, 0.6) is 0 Å². The van der Waals surface area contributed by atoms with Crippen molar-refractivity contribution in [3.05, 3.63) is 213 Å². The molecule has 2 amide bonds. The van der Waals surface area contributed by atoms with E-state index in [2.05, 4.69) is 281 Å².